The van der Waals surface area contributed by atoms with Crippen LogP contribution in [0.1, 0.15) is 18.2 Å². The van der Waals surface area contributed by atoms with Gasteiger partial charge in [0.05, 0.1) is 12.0 Å². The first-order valence-electron chi connectivity index (χ1n) is 4.60. The number of rotatable bonds is 2. The molecule has 0 bridgehead atoms. The van der Waals surface area contributed by atoms with E-state index in [1.54, 1.807) is 19.9 Å². The molecule has 0 fully saturated rings. The first-order valence-corrected chi connectivity index (χ1v) is 4.60. The summed E-state index contributed by atoms with van der Waals surface area (Å²) in [6.45, 7) is 3.86. The van der Waals surface area contributed by atoms with E-state index in [0.717, 1.165) is 5.69 Å². The summed E-state index contributed by atoms with van der Waals surface area (Å²) in [5, 5.41) is 17.4. The van der Waals surface area contributed by atoms with Crippen molar-refractivity contribution in [3.8, 4) is 12.1 Å². The van der Waals surface area contributed by atoms with Gasteiger partial charge in [-0.05, 0) is 26.0 Å². The molecular formula is C11H11N3O. The number of aryl methyl sites for hydroxylation is 1. The maximum Gasteiger partial charge on any atom is 0.268 e. The van der Waals surface area contributed by atoms with Crippen molar-refractivity contribution in [2.75, 3.05) is 0 Å². The molecule has 0 aliphatic carbocycles. The maximum atomic E-state index is 11.7. The van der Waals surface area contributed by atoms with Gasteiger partial charge >= 0.3 is 0 Å². The second kappa shape index (κ2) is 4.43. The van der Waals surface area contributed by atoms with Gasteiger partial charge in [0.2, 0.25) is 0 Å². The van der Waals surface area contributed by atoms with Gasteiger partial charge in [-0.3, -0.25) is 4.79 Å². The van der Waals surface area contributed by atoms with E-state index in [4.69, 9.17) is 10.5 Å². The summed E-state index contributed by atoms with van der Waals surface area (Å²) < 4.78 is 1.46. The van der Waals surface area contributed by atoms with E-state index in [0.29, 0.717) is 6.54 Å². The molecule has 0 radical (unpaired) electrons. The number of pyridine rings is 1. The Hall–Kier alpha value is -2.07. The second-order valence-electron chi connectivity index (χ2n) is 3.45. The Morgan fingerprint density at radius 3 is 2.67 bits per heavy atom. The molecule has 1 rings (SSSR count). The molecule has 1 aromatic rings. The molecule has 1 unspecified atom stereocenters. The van der Waals surface area contributed by atoms with Crippen LogP contribution in [-0.4, -0.2) is 4.57 Å². The predicted molar refractivity (Wildman–Crippen MR) is 54.9 cm³/mol. The van der Waals surface area contributed by atoms with E-state index in [9.17, 15) is 4.79 Å². The lowest BCUT2D eigenvalue weighted by atomic mass is 10.2. The zero-order valence-corrected chi connectivity index (χ0v) is 8.69. The molecule has 0 N–H and O–H groups in total. The zero-order chi connectivity index (χ0) is 11.4. The van der Waals surface area contributed by atoms with Crippen LogP contribution in [0.3, 0.4) is 0 Å². The van der Waals surface area contributed by atoms with Gasteiger partial charge in [-0.2, -0.15) is 10.5 Å². The third kappa shape index (κ3) is 2.24. The van der Waals surface area contributed by atoms with E-state index in [1.165, 1.54) is 10.6 Å². The van der Waals surface area contributed by atoms with E-state index in [1.807, 2.05) is 6.07 Å². The van der Waals surface area contributed by atoms with Crippen molar-refractivity contribution in [1.29, 1.82) is 10.5 Å². The van der Waals surface area contributed by atoms with E-state index in [-0.39, 0.29) is 17.0 Å². The van der Waals surface area contributed by atoms with Crippen LogP contribution >= 0.6 is 0 Å². The summed E-state index contributed by atoms with van der Waals surface area (Å²) in [6.07, 6.45) is 0. The van der Waals surface area contributed by atoms with Crippen molar-refractivity contribution < 1.29 is 0 Å². The number of nitriles is 2. The number of aromatic nitrogens is 1. The molecule has 0 aromatic carbocycles. The minimum absolute atomic E-state index is 0.116. The van der Waals surface area contributed by atoms with Crippen molar-refractivity contribution in [1.82, 2.24) is 4.57 Å². The van der Waals surface area contributed by atoms with Crippen molar-refractivity contribution in [3.05, 3.63) is 33.7 Å². The average molecular weight is 201 g/mol. The van der Waals surface area contributed by atoms with Crippen LogP contribution in [0.25, 0.3) is 0 Å². The SMILES string of the molecule is Cc1ccc(C#N)c(=O)n1CC(C)C#N. The molecule has 4 nitrogen and oxygen atoms in total. The molecular weight excluding hydrogens is 190 g/mol. The molecule has 0 saturated heterocycles. The van der Waals surface area contributed by atoms with Crippen LogP contribution in [0.5, 0.6) is 0 Å². The molecule has 0 amide bonds. The standard InChI is InChI=1S/C11H11N3O/c1-8(5-12)7-14-9(2)3-4-10(6-13)11(14)15/h3-4,8H,7H2,1-2H3. The van der Waals surface area contributed by atoms with Gasteiger partial charge in [0.1, 0.15) is 11.6 Å². The highest BCUT2D eigenvalue weighted by Crippen LogP contribution is 2.02. The van der Waals surface area contributed by atoms with Gasteiger partial charge in [0.15, 0.2) is 0 Å². The second-order valence-corrected chi connectivity index (χ2v) is 3.45. The summed E-state index contributed by atoms with van der Waals surface area (Å²) in [4.78, 5) is 11.7. The van der Waals surface area contributed by atoms with Gasteiger partial charge < -0.3 is 4.57 Å². The van der Waals surface area contributed by atoms with Crippen LogP contribution in [0.4, 0.5) is 0 Å². The Labute approximate surface area is 88.0 Å². The first-order chi connectivity index (χ1) is 7.10. The van der Waals surface area contributed by atoms with Crippen LogP contribution in [0.15, 0.2) is 16.9 Å². The topological polar surface area (TPSA) is 69.6 Å². The minimum atomic E-state index is -0.320. The van der Waals surface area contributed by atoms with Crippen molar-refractivity contribution >= 4 is 0 Å². The normalized spacial score (nSPS) is 11.5. The van der Waals surface area contributed by atoms with Gasteiger partial charge in [-0.15, -0.1) is 0 Å². The smallest absolute Gasteiger partial charge is 0.268 e. The first kappa shape index (κ1) is 11.0. The molecule has 15 heavy (non-hydrogen) atoms. The molecule has 1 aromatic heterocycles. The number of hydrogen-bond acceptors (Lipinski definition) is 3. The predicted octanol–water partition coefficient (Wildman–Crippen LogP) is 1.19. The van der Waals surface area contributed by atoms with Crippen LogP contribution in [-0.2, 0) is 6.54 Å². The van der Waals surface area contributed by atoms with Crippen LogP contribution < -0.4 is 5.56 Å². The fourth-order valence-corrected chi connectivity index (χ4v) is 1.30. The fraction of sp³-hybridized carbons (Fsp3) is 0.364. The quantitative estimate of drug-likeness (QED) is 0.721. The zero-order valence-electron chi connectivity index (χ0n) is 8.69. The Morgan fingerprint density at radius 2 is 2.13 bits per heavy atom. The van der Waals surface area contributed by atoms with Gasteiger partial charge in [-0.1, -0.05) is 0 Å². The number of nitrogens with zero attached hydrogens (tertiary/aromatic N) is 3. The van der Waals surface area contributed by atoms with Crippen LogP contribution in [0, 0.1) is 35.5 Å². The highest BCUT2D eigenvalue weighted by atomic mass is 16.1. The van der Waals surface area contributed by atoms with Gasteiger partial charge in [0.25, 0.3) is 5.56 Å². The molecule has 1 heterocycles. The third-order valence-electron chi connectivity index (χ3n) is 2.19. The third-order valence-corrected chi connectivity index (χ3v) is 2.19. The van der Waals surface area contributed by atoms with E-state index < -0.39 is 0 Å². The molecule has 1 atom stereocenters. The fourth-order valence-electron chi connectivity index (χ4n) is 1.30. The highest BCUT2D eigenvalue weighted by Gasteiger charge is 2.08. The summed E-state index contributed by atoms with van der Waals surface area (Å²) in [5.41, 5.74) is 0.562. The lowest BCUT2D eigenvalue weighted by Crippen LogP contribution is -2.26. The van der Waals surface area contributed by atoms with Gasteiger partial charge in [0, 0.05) is 12.2 Å². The summed E-state index contributed by atoms with van der Waals surface area (Å²) in [5.74, 6) is -0.240. The molecule has 0 aliphatic heterocycles. The largest absolute Gasteiger partial charge is 0.311 e. The maximum absolute atomic E-state index is 11.7. The lowest BCUT2D eigenvalue weighted by molar-refractivity contribution is 0.551. The molecule has 0 aliphatic rings. The molecule has 76 valence electrons. The molecule has 0 saturated carbocycles. The minimum Gasteiger partial charge on any atom is -0.311 e. The van der Waals surface area contributed by atoms with Crippen molar-refractivity contribution in [2.24, 2.45) is 5.92 Å². The molecule has 4 heteroatoms. The Kier molecular flexibility index (Phi) is 3.25. The summed E-state index contributed by atoms with van der Waals surface area (Å²) in [6, 6.07) is 7.12. The Morgan fingerprint density at radius 1 is 1.47 bits per heavy atom. The van der Waals surface area contributed by atoms with E-state index >= 15 is 0 Å². The summed E-state index contributed by atoms with van der Waals surface area (Å²) >= 11 is 0. The van der Waals surface area contributed by atoms with Gasteiger partial charge in [-0.25, -0.2) is 0 Å². The van der Waals surface area contributed by atoms with Crippen LogP contribution in [0.2, 0.25) is 0 Å². The monoisotopic (exact) mass is 201 g/mol. The molecule has 0 spiro atoms. The highest BCUT2D eigenvalue weighted by molar-refractivity contribution is 5.27. The van der Waals surface area contributed by atoms with Crippen molar-refractivity contribution in [3.63, 3.8) is 0 Å². The lowest BCUT2D eigenvalue weighted by Gasteiger charge is -2.10. The van der Waals surface area contributed by atoms with E-state index in [2.05, 4.69) is 6.07 Å². The Balaban J connectivity index is 3.25. The Bertz CT molecular complexity index is 502. The van der Waals surface area contributed by atoms with Crippen molar-refractivity contribution in [2.45, 2.75) is 20.4 Å². The average Bonchev–Trinajstić information content (AvgIpc) is 2.24. The summed E-state index contributed by atoms with van der Waals surface area (Å²) in [7, 11) is 0. The number of hydrogen-bond donors (Lipinski definition) is 0.